The van der Waals surface area contributed by atoms with Crippen LogP contribution in [0.1, 0.15) is 19.4 Å². The second-order valence-corrected chi connectivity index (χ2v) is 4.23. The summed E-state index contributed by atoms with van der Waals surface area (Å²) in [6.07, 6.45) is 4.07. The molecule has 1 aromatic heterocycles. The molecule has 13 heavy (non-hydrogen) atoms. The SMILES string of the molecule is CC(C)=CCSc1ncccc1C. The van der Waals surface area contributed by atoms with Crippen molar-refractivity contribution in [1.82, 2.24) is 4.98 Å². The fourth-order valence-corrected chi connectivity index (χ4v) is 1.92. The zero-order chi connectivity index (χ0) is 9.68. The summed E-state index contributed by atoms with van der Waals surface area (Å²) in [5.74, 6) is 1.01. The van der Waals surface area contributed by atoms with E-state index in [1.807, 2.05) is 12.3 Å². The first kappa shape index (κ1) is 10.3. The van der Waals surface area contributed by atoms with E-state index in [1.54, 1.807) is 11.8 Å². The maximum atomic E-state index is 4.31. The molecule has 0 spiro atoms. The van der Waals surface area contributed by atoms with Crippen molar-refractivity contribution in [3.63, 3.8) is 0 Å². The topological polar surface area (TPSA) is 12.9 Å². The number of aromatic nitrogens is 1. The van der Waals surface area contributed by atoms with Gasteiger partial charge in [0.25, 0.3) is 0 Å². The third kappa shape index (κ3) is 3.64. The fraction of sp³-hybridized carbons (Fsp3) is 0.364. The van der Waals surface area contributed by atoms with E-state index >= 15 is 0 Å². The monoisotopic (exact) mass is 193 g/mol. The summed E-state index contributed by atoms with van der Waals surface area (Å²) in [5, 5.41) is 1.14. The van der Waals surface area contributed by atoms with E-state index in [0.29, 0.717) is 0 Å². The minimum Gasteiger partial charge on any atom is -0.250 e. The van der Waals surface area contributed by atoms with Crippen molar-refractivity contribution in [2.75, 3.05) is 5.75 Å². The average Bonchev–Trinajstić information content (AvgIpc) is 2.08. The number of thioether (sulfide) groups is 1. The van der Waals surface area contributed by atoms with E-state index in [2.05, 4.69) is 37.9 Å². The van der Waals surface area contributed by atoms with Crippen LogP contribution < -0.4 is 0 Å². The van der Waals surface area contributed by atoms with Gasteiger partial charge in [0.1, 0.15) is 0 Å². The number of nitrogens with zero attached hydrogens (tertiary/aromatic N) is 1. The molecule has 2 heteroatoms. The van der Waals surface area contributed by atoms with Crippen molar-refractivity contribution in [3.8, 4) is 0 Å². The van der Waals surface area contributed by atoms with Crippen LogP contribution in [0.5, 0.6) is 0 Å². The molecule has 0 saturated heterocycles. The van der Waals surface area contributed by atoms with E-state index in [-0.39, 0.29) is 0 Å². The molecule has 0 aromatic carbocycles. The average molecular weight is 193 g/mol. The summed E-state index contributed by atoms with van der Waals surface area (Å²) in [5.41, 5.74) is 2.62. The highest BCUT2D eigenvalue weighted by Crippen LogP contribution is 2.19. The molecule has 0 bridgehead atoms. The molecule has 0 atom stereocenters. The van der Waals surface area contributed by atoms with E-state index in [0.717, 1.165) is 10.8 Å². The van der Waals surface area contributed by atoms with Crippen LogP contribution in [0.15, 0.2) is 35.0 Å². The summed E-state index contributed by atoms with van der Waals surface area (Å²) >= 11 is 1.79. The molecule has 1 nitrogen and oxygen atoms in total. The Hall–Kier alpha value is -0.760. The van der Waals surface area contributed by atoms with Gasteiger partial charge in [-0.25, -0.2) is 4.98 Å². The van der Waals surface area contributed by atoms with Crippen LogP contribution in [0.25, 0.3) is 0 Å². The lowest BCUT2D eigenvalue weighted by atomic mass is 10.3. The number of aryl methyl sites for hydroxylation is 1. The maximum Gasteiger partial charge on any atom is 0.0992 e. The predicted octanol–water partition coefficient (Wildman–Crippen LogP) is 3.45. The van der Waals surface area contributed by atoms with Gasteiger partial charge in [-0.15, -0.1) is 11.8 Å². The highest BCUT2D eigenvalue weighted by atomic mass is 32.2. The van der Waals surface area contributed by atoms with Gasteiger partial charge in [0.2, 0.25) is 0 Å². The van der Waals surface area contributed by atoms with Gasteiger partial charge in [-0.2, -0.15) is 0 Å². The molecule has 0 unspecified atom stereocenters. The summed E-state index contributed by atoms with van der Waals surface area (Å²) in [6.45, 7) is 6.33. The van der Waals surface area contributed by atoms with Gasteiger partial charge in [0.15, 0.2) is 0 Å². The van der Waals surface area contributed by atoms with Crippen molar-refractivity contribution >= 4 is 11.8 Å². The van der Waals surface area contributed by atoms with Gasteiger partial charge in [0, 0.05) is 11.9 Å². The molecule has 1 rings (SSSR count). The molecule has 0 N–H and O–H groups in total. The van der Waals surface area contributed by atoms with Gasteiger partial charge in [-0.3, -0.25) is 0 Å². The Morgan fingerprint density at radius 3 is 2.92 bits per heavy atom. The minimum atomic E-state index is 1.01. The molecule has 1 heterocycles. The molecule has 0 radical (unpaired) electrons. The molecular weight excluding hydrogens is 178 g/mol. The Morgan fingerprint density at radius 1 is 1.54 bits per heavy atom. The standard InChI is InChI=1S/C11H15NS/c1-9(2)6-8-13-11-10(3)5-4-7-12-11/h4-7H,8H2,1-3H3. The highest BCUT2D eigenvalue weighted by molar-refractivity contribution is 7.99. The van der Waals surface area contributed by atoms with Crippen LogP contribution in [-0.4, -0.2) is 10.7 Å². The summed E-state index contributed by atoms with van der Waals surface area (Å²) in [4.78, 5) is 4.31. The van der Waals surface area contributed by atoms with Gasteiger partial charge in [-0.1, -0.05) is 17.7 Å². The van der Waals surface area contributed by atoms with Crippen molar-refractivity contribution in [1.29, 1.82) is 0 Å². The van der Waals surface area contributed by atoms with E-state index in [9.17, 15) is 0 Å². The minimum absolute atomic E-state index is 1.01. The van der Waals surface area contributed by atoms with E-state index < -0.39 is 0 Å². The number of hydrogen-bond donors (Lipinski definition) is 0. The van der Waals surface area contributed by atoms with Crippen molar-refractivity contribution in [2.24, 2.45) is 0 Å². The Bertz CT molecular complexity index is 301. The number of pyridine rings is 1. The Morgan fingerprint density at radius 2 is 2.31 bits per heavy atom. The molecule has 0 amide bonds. The normalized spacial score (nSPS) is 9.77. The van der Waals surface area contributed by atoms with Crippen molar-refractivity contribution in [2.45, 2.75) is 25.8 Å². The van der Waals surface area contributed by atoms with Gasteiger partial charge >= 0.3 is 0 Å². The first-order valence-corrected chi connectivity index (χ1v) is 5.36. The molecule has 0 aliphatic carbocycles. The van der Waals surface area contributed by atoms with E-state index in [4.69, 9.17) is 0 Å². The van der Waals surface area contributed by atoms with Gasteiger partial charge in [-0.05, 0) is 32.4 Å². The molecule has 70 valence electrons. The smallest absolute Gasteiger partial charge is 0.0992 e. The maximum absolute atomic E-state index is 4.31. The third-order valence-corrected chi connectivity index (χ3v) is 2.71. The lowest BCUT2D eigenvalue weighted by molar-refractivity contribution is 1.08. The first-order chi connectivity index (χ1) is 6.20. The van der Waals surface area contributed by atoms with Crippen molar-refractivity contribution in [3.05, 3.63) is 35.5 Å². The van der Waals surface area contributed by atoms with Crippen LogP contribution in [0.3, 0.4) is 0 Å². The summed E-state index contributed by atoms with van der Waals surface area (Å²) in [6, 6.07) is 4.07. The molecule has 1 aromatic rings. The Balaban J connectivity index is 2.55. The van der Waals surface area contributed by atoms with Crippen molar-refractivity contribution < 1.29 is 0 Å². The zero-order valence-corrected chi connectivity index (χ0v) is 9.19. The third-order valence-electron chi connectivity index (χ3n) is 1.67. The molecule has 0 saturated carbocycles. The second-order valence-electron chi connectivity index (χ2n) is 3.22. The van der Waals surface area contributed by atoms with Gasteiger partial charge in [0.05, 0.1) is 5.03 Å². The van der Waals surface area contributed by atoms with E-state index in [1.165, 1.54) is 11.1 Å². The Kier molecular flexibility index (Phi) is 4.03. The fourth-order valence-electron chi connectivity index (χ4n) is 0.910. The molecule has 0 aliphatic rings. The lowest BCUT2D eigenvalue weighted by Gasteiger charge is -2.00. The Labute approximate surface area is 84.3 Å². The first-order valence-electron chi connectivity index (χ1n) is 4.38. The zero-order valence-electron chi connectivity index (χ0n) is 8.37. The summed E-state index contributed by atoms with van der Waals surface area (Å²) in [7, 11) is 0. The number of rotatable bonds is 3. The second kappa shape index (κ2) is 5.07. The molecule has 0 aliphatic heterocycles. The van der Waals surface area contributed by atoms with Crippen LogP contribution in [0.4, 0.5) is 0 Å². The van der Waals surface area contributed by atoms with Crippen LogP contribution in [-0.2, 0) is 0 Å². The largest absolute Gasteiger partial charge is 0.250 e. The molecular formula is C11H15NS. The quantitative estimate of drug-likeness (QED) is 0.538. The molecule has 0 fully saturated rings. The summed E-state index contributed by atoms with van der Waals surface area (Å²) < 4.78 is 0. The van der Waals surface area contributed by atoms with Gasteiger partial charge < -0.3 is 0 Å². The number of allylic oxidation sites excluding steroid dienone is 1. The highest BCUT2D eigenvalue weighted by Gasteiger charge is 1.96. The van der Waals surface area contributed by atoms with Crippen LogP contribution >= 0.6 is 11.8 Å². The lowest BCUT2D eigenvalue weighted by Crippen LogP contribution is -1.84. The number of hydrogen-bond acceptors (Lipinski definition) is 2. The van der Waals surface area contributed by atoms with Crippen LogP contribution in [0.2, 0.25) is 0 Å². The predicted molar refractivity (Wildman–Crippen MR) is 59.1 cm³/mol. The van der Waals surface area contributed by atoms with Crippen LogP contribution in [0, 0.1) is 6.92 Å².